The predicted molar refractivity (Wildman–Crippen MR) is 60.9 cm³/mol. The summed E-state index contributed by atoms with van der Waals surface area (Å²) in [5, 5.41) is 3.59. The summed E-state index contributed by atoms with van der Waals surface area (Å²) in [6, 6.07) is 4.28. The normalized spacial score (nSPS) is 11.0. The van der Waals surface area contributed by atoms with E-state index >= 15 is 0 Å². The molecule has 0 aliphatic rings. The molecule has 0 amide bonds. The quantitative estimate of drug-likeness (QED) is 0.618. The maximum atomic E-state index is 5.87. The van der Waals surface area contributed by atoms with Crippen molar-refractivity contribution in [2.75, 3.05) is 0 Å². The molecule has 0 fully saturated rings. The van der Waals surface area contributed by atoms with Gasteiger partial charge in [0.1, 0.15) is 0 Å². The van der Waals surface area contributed by atoms with Gasteiger partial charge in [-0.2, -0.15) is 0 Å². The van der Waals surface area contributed by atoms with E-state index in [4.69, 9.17) is 11.6 Å². The summed E-state index contributed by atoms with van der Waals surface area (Å²) in [7, 11) is 0. The van der Waals surface area contributed by atoms with Crippen molar-refractivity contribution in [3.8, 4) is 0 Å². The molecule has 0 aliphatic heterocycles. The van der Waals surface area contributed by atoms with Crippen LogP contribution in [0.15, 0.2) is 17.5 Å². The Morgan fingerprint density at radius 3 is 2.69 bits per heavy atom. The summed E-state index contributed by atoms with van der Waals surface area (Å²) in [4.78, 5) is 0. The van der Waals surface area contributed by atoms with Crippen LogP contribution in [0.1, 0.15) is 16.7 Å². The van der Waals surface area contributed by atoms with Crippen molar-refractivity contribution >= 4 is 33.0 Å². The van der Waals surface area contributed by atoms with E-state index in [9.17, 15) is 0 Å². The third kappa shape index (κ3) is 1.36. The Morgan fingerprint density at radius 2 is 2.00 bits per heavy atom. The van der Waals surface area contributed by atoms with E-state index in [1.165, 1.54) is 26.8 Å². The fourth-order valence-electron chi connectivity index (χ4n) is 1.66. The third-order valence-corrected chi connectivity index (χ3v) is 3.80. The highest BCUT2D eigenvalue weighted by Crippen LogP contribution is 2.31. The van der Waals surface area contributed by atoms with Gasteiger partial charge in [-0.25, -0.2) is 0 Å². The van der Waals surface area contributed by atoms with Crippen molar-refractivity contribution in [2.24, 2.45) is 0 Å². The summed E-state index contributed by atoms with van der Waals surface area (Å²) < 4.78 is 1.35. The summed E-state index contributed by atoms with van der Waals surface area (Å²) in [5.74, 6) is 0.608. The Labute approximate surface area is 87.2 Å². The smallest absolute Gasteiger partial charge is 0.0488 e. The number of fused-ring (bicyclic) bond motifs is 1. The van der Waals surface area contributed by atoms with Crippen LogP contribution < -0.4 is 0 Å². The molecule has 0 aliphatic carbocycles. The molecule has 2 rings (SSSR count). The lowest BCUT2D eigenvalue weighted by Crippen LogP contribution is -1.81. The fraction of sp³-hybridized carbons (Fsp3) is 0.273. The Balaban J connectivity index is 2.87. The zero-order chi connectivity index (χ0) is 9.42. The van der Waals surface area contributed by atoms with Crippen molar-refractivity contribution in [1.29, 1.82) is 0 Å². The van der Waals surface area contributed by atoms with Crippen molar-refractivity contribution in [1.82, 2.24) is 0 Å². The van der Waals surface area contributed by atoms with Gasteiger partial charge in [0.15, 0.2) is 0 Å². The first-order valence-electron chi connectivity index (χ1n) is 4.26. The van der Waals surface area contributed by atoms with Crippen LogP contribution in [0.4, 0.5) is 0 Å². The molecule has 0 radical (unpaired) electrons. The lowest BCUT2D eigenvalue weighted by atomic mass is 10.1. The van der Waals surface area contributed by atoms with Crippen molar-refractivity contribution < 1.29 is 0 Å². The first-order chi connectivity index (χ1) is 6.24. The molecule has 1 heterocycles. The second-order valence-corrected chi connectivity index (χ2v) is 4.44. The molecule has 13 heavy (non-hydrogen) atoms. The van der Waals surface area contributed by atoms with E-state index in [0.717, 1.165) is 0 Å². The molecule has 0 nitrogen and oxygen atoms in total. The SMILES string of the molecule is Cc1ccc(CCl)c2scc(C)c12. The number of thiophene rings is 1. The first-order valence-corrected chi connectivity index (χ1v) is 5.67. The zero-order valence-electron chi connectivity index (χ0n) is 7.73. The maximum absolute atomic E-state index is 5.87. The highest BCUT2D eigenvalue weighted by Gasteiger charge is 2.06. The molecule has 2 aromatic rings. The van der Waals surface area contributed by atoms with E-state index in [2.05, 4.69) is 31.4 Å². The average molecular weight is 211 g/mol. The zero-order valence-corrected chi connectivity index (χ0v) is 9.30. The summed E-state index contributed by atoms with van der Waals surface area (Å²) in [6.07, 6.45) is 0. The molecule has 0 spiro atoms. The minimum Gasteiger partial charge on any atom is -0.143 e. The maximum Gasteiger partial charge on any atom is 0.0488 e. The fourth-order valence-corrected chi connectivity index (χ4v) is 3.11. The van der Waals surface area contributed by atoms with Gasteiger partial charge in [0.25, 0.3) is 0 Å². The second-order valence-electron chi connectivity index (χ2n) is 3.30. The Bertz CT molecular complexity index is 443. The monoisotopic (exact) mass is 210 g/mol. The number of halogens is 1. The molecule has 0 saturated heterocycles. The van der Waals surface area contributed by atoms with Gasteiger partial charge in [-0.3, -0.25) is 0 Å². The highest BCUT2D eigenvalue weighted by atomic mass is 35.5. The van der Waals surface area contributed by atoms with E-state index in [0.29, 0.717) is 5.88 Å². The number of hydrogen-bond donors (Lipinski definition) is 0. The summed E-state index contributed by atoms with van der Waals surface area (Å²) in [6.45, 7) is 4.31. The Kier molecular flexibility index (Phi) is 2.31. The minimum absolute atomic E-state index is 0.608. The van der Waals surface area contributed by atoms with Gasteiger partial charge in [0.05, 0.1) is 0 Å². The van der Waals surface area contributed by atoms with Gasteiger partial charge in [0.2, 0.25) is 0 Å². The lowest BCUT2D eigenvalue weighted by molar-refractivity contribution is 1.42. The summed E-state index contributed by atoms with van der Waals surface area (Å²) >= 11 is 7.67. The molecule has 0 atom stereocenters. The standard InChI is InChI=1S/C11H11ClS/c1-7-3-4-9(5-12)11-10(7)8(2)6-13-11/h3-4,6H,5H2,1-2H3. The lowest BCUT2D eigenvalue weighted by Gasteiger charge is -2.02. The van der Waals surface area contributed by atoms with Crippen LogP contribution in [0.5, 0.6) is 0 Å². The van der Waals surface area contributed by atoms with Crippen LogP contribution in [0.3, 0.4) is 0 Å². The molecular formula is C11H11ClS. The van der Waals surface area contributed by atoms with Crippen molar-refractivity contribution in [2.45, 2.75) is 19.7 Å². The molecular weight excluding hydrogens is 200 g/mol. The third-order valence-electron chi connectivity index (χ3n) is 2.34. The molecule has 1 aromatic heterocycles. The van der Waals surface area contributed by atoms with Gasteiger partial charge in [-0.1, -0.05) is 12.1 Å². The van der Waals surface area contributed by atoms with Gasteiger partial charge in [-0.05, 0) is 41.3 Å². The van der Waals surface area contributed by atoms with E-state index in [1.807, 2.05) is 0 Å². The molecule has 0 bridgehead atoms. The molecule has 0 N–H and O–H groups in total. The van der Waals surface area contributed by atoms with Crippen LogP contribution in [0, 0.1) is 13.8 Å². The van der Waals surface area contributed by atoms with Gasteiger partial charge >= 0.3 is 0 Å². The van der Waals surface area contributed by atoms with E-state index in [-0.39, 0.29) is 0 Å². The van der Waals surface area contributed by atoms with Crippen LogP contribution in [-0.2, 0) is 5.88 Å². The Morgan fingerprint density at radius 1 is 1.23 bits per heavy atom. The van der Waals surface area contributed by atoms with Gasteiger partial charge in [-0.15, -0.1) is 22.9 Å². The second kappa shape index (κ2) is 3.32. The van der Waals surface area contributed by atoms with Crippen LogP contribution in [0.25, 0.3) is 10.1 Å². The van der Waals surface area contributed by atoms with E-state index < -0.39 is 0 Å². The number of aryl methyl sites for hydroxylation is 2. The number of alkyl halides is 1. The minimum atomic E-state index is 0.608. The highest BCUT2D eigenvalue weighted by molar-refractivity contribution is 7.17. The predicted octanol–water partition coefficient (Wildman–Crippen LogP) is 4.26. The summed E-state index contributed by atoms with van der Waals surface area (Å²) in [5.41, 5.74) is 3.97. The Hall–Kier alpha value is -0.530. The van der Waals surface area contributed by atoms with Crippen molar-refractivity contribution in [3.63, 3.8) is 0 Å². The molecule has 68 valence electrons. The molecule has 2 heteroatoms. The molecule has 0 unspecified atom stereocenters. The topological polar surface area (TPSA) is 0 Å². The van der Waals surface area contributed by atoms with Crippen LogP contribution >= 0.6 is 22.9 Å². The first kappa shape index (κ1) is 9.04. The van der Waals surface area contributed by atoms with Gasteiger partial charge < -0.3 is 0 Å². The average Bonchev–Trinajstić information content (AvgIpc) is 2.50. The van der Waals surface area contributed by atoms with E-state index in [1.54, 1.807) is 11.3 Å². The van der Waals surface area contributed by atoms with Gasteiger partial charge in [0, 0.05) is 10.6 Å². The van der Waals surface area contributed by atoms with Crippen molar-refractivity contribution in [3.05, 3.63) is 34.2 Å². The molecule has 0 saturated carbocycles. The number of hydrogen-bond acceptors (Lipinski definition) is 1. The number of rotatable bonds is 1. The largest absolute Gasteiger partial charge is 0.143 e. The molecule has 1 aromatic carbocycles. The van der Waals surface area contributed by atoms with Crippen LogP contribution in [0.2, 0.25) is 0 Å². The number of benzene rings is 1. The van der Waals surface area contributed by atoms with Crippen LogP contribution in [-0.4, -0.2) is 0 Å².